The maximum absolute atomic E-state index is 11.6. The van der Waals surface area contributed by atoms with Crippen molar-refractivity contribution >= 4 is 29.1 Å². The Labute approximate surface area is 185 Å². The number of aromatic nitrogens is 3. The van der Waals surface area contributed by atoms with Gasteiger partial charge in [0.05, 0.1) is 12.1 Å². The number of benzene rings is 1. The Morgan fingerprint density at radius 1 is 1.23 bits per heavy atom. The number of aliphatic carboxylic acids is 1. The minimum atomic E-state index is -0.918. The van der Waals surface area contributed by atoms with Crippen molar-refractivity contribution in [2.45, 2.75) is 39.7 Å². The number of nitrogens with zero attached hydrogens (tertiary/aromatic N) is 4. The number of carboxylic acid groups (broad SMARTS) is 1. The van der Waals surface area contributed by atoms with Gasteiger partial charge in [-0.3, -0.25) is 14.4 Å². The zero-order valence-corrected chi connectivity index (χ0v) is 18.6. The second-order valence-corrected chi connectivity index (χ2v) is 8.80. The fourth-order valence-electron chi connectivity index (χ4n) is 3.76. The number of aliphatic imine (C=N–C) groups is 1. The van der Waals surface area contributed by atoms with Crippen molar-refractivity contribution in [2.24, 2.45) is 10.7 Å². The molecule has 0 saturated carbocycles. The summed E-state index contributed by atoms with van der Waals surface area (Å²) in [5.41, 5.74) is 10.5. The minimum Gasteiger partial charge on any atom is -0.481 e. The number of nitrogens with two attached hydrogens (primary N) is 1. The summed E-state index contributed by atoms with van der Waals surface area (Å²) in [5, 5.41) is 19.0. The van der Waals surface area contributed by atoms with Gasteiger partial charge in [-0.25, -0.2) is 0 Å². The number of aryl methyl sites for hydroxylation is 2. The fourth-order valence-corrected chi connectivity index (χ4v) is 4.97. The van der Waals surface area contributed by atoms with Gasteiger partial charge in [0, 0.05) is 16.0 Å². The number of fused-ring (bicyclic) bond motifs is 3. The van der Waals surface area contributed by atoms with E-state index in [1.54, 1.807) is 11.3 Å². The van der Waals surface area contributed by atoms with Gasteiger partial charge in [0.1, 0.15) is 16.9 Å². The number of carbonyl (C=O) groups is 1. The second kappa shape index (κ2) is 8.56. The molecule has 1 aliphatic heterocycles. The van der Waals surface area contributed by atoms with Gasteiger partial charge in [-0.2, -0.15) is 0 Å². The number of carboxylic acids is 1. The molecule has 0 saturated heterocycles. The van der Waals surface area contributed by atoms with Crippen LogP contribution in [0.25, 0.3) is 11.1 Å². The van der Waals surface area contributed by atoms with Crippen molar-refractivity contribution in [1.82, 2.24) is 14.8 Å². The summed E-state index contributed by atoms with van der Waals surface area (Å²) in [6, 6.07) is 7.54. The quantitative estimate of drug-likeness (QED) is 0.609. The first-order chi connectivity index (χ1) is 14.9. The molecular weight excluding hydrogens is 410 g/mol. The Hall–Kier alpha value is -3.10. The van der Waals surface area contributed by atoms with Crippen LogP contribution >= 0.6 is 11.3 Å². The van der Waals surface area contributed by atoms with E-state index in [0.717, 1.165) is 45.2 Å². The molecular formula is C23H25N5O2S. The molecule has 7 nitrogen and oxygen atoms in total. The van der Waals surface area contributed by atoms with E-state index in [9.17, 15) is 9.90 Å². The van der Waals surface area contributed by atoms with Gasteiger partial charge in [-0.05, 0) is 44.9 Å². The van der Waals surface area contributed by atoms with Gasteiger partial charge in [0.2, 0.25) is 0 Å². The maximum atomic E-state index is 11.6. The molecule has 8 heteroatoms. The Morgan fingerprint density at radius 3 is 2.65 bits per heavy atom. The number of hydrogen-bond donors (Lipinski definition) is 2. The van der Waals surface area contributed by atoms with Crippen LogP contribution in [-0.2, 0) is 4.79 Å². The number of rotatable bonds is 6. The van der Waals surface area contributed by atoms with Gasteiger partial charge in [0.25, 0.3) is 0 Å². The van der Waals surface area contributed by atoms with E-state index in [1.807, 2.05) is 35.8 Å². The van der Waals surface area contributed by atoms with E-state index < -0.39 is 12.0 Å². The predicted molar refractivity (Wildman–Crippen MR) is 123 cm³/mol. The first-order valence-electron chi connectivity index (χ1n) is 10.2. The lowest BCUT2D eigenvalue weighted by Gasteiger charge is -2.11. The van der Waals surface area contributed by atoms with Crippen molar-refractivity contribution in [1.29, 1.82) is 0 Å². The SMILES string of the molecule is Cc1sc2c(c1C)C(c1ccc(C=CCCN)cc1)=NC(CC(=O)O)c1nnc(C)n1-2. The van der Waals surface area contributed by atoms with Crippen LogP contribution < -0.4 is 5.73 Å². The molecule has 160 valence electrons. The summed E-state index contributed by atoms with van der Waals surface area (Å²) in [4.78, 5) is 17.7. The maximum Gasteiger partial charge on any atom is 0.306 e. The van der Waals surface area contributed by atoms with Gasteiger partial charge in [0.15, 0.2) is 5.82 Å². The first-order valence-corrected chi connectivity index (χ1v) is 11.0. The van der Waals surface area contributed by atoms with Crippen LogP contribution in [0.15, 0.2) is 35.3 Å². The van der Waals surface area contributed by atoms with Crippen LogP contribution in [0.1, 0.15) is 57.7 Å². The van der Waals surface area contributed by atoms with Crippen molar-refractivity contribution < 1.29 is 9.90 Å². The largest absolute Gasteiger partial charge is 0.481 e. The summed E-state index contributed by atoms with van der Waals surface area (Å²) in [7, 11) is 0. The first kappa shape index (κ1) is 21.1. The lowest BCUT2D eigenvalue weighted by Crippen LogP contribution is -2.10. The van der Waals surface area contributed by atoms with Crippen LogP contribution in [0.4, 0.5) is 0 Å². The molecule has 4 rings (SSSR count). The molecule has 0 amide bonds. The van der Waals surface area contributed by atoms with E-state index in [-0.39, 0.29) is 6.42 Å². The van der Waals surface area contributed by atoms with Gasteiger partial charge >= 0.3 is 5.97 Å². The highest BCUT2D eigenvalue weighted by Crippen LogP contribution is 2.39. The van der Waals surface area contributed by atoms with Crippen LogP contribution in [0.2, 0.25) is 0 Å². The molecule has 1 aliphatic rings. The third-order valence-electron chi connectivity index (χ3n) is 5.44. The van der Waals surface area contributed by atoms with E-state index in [0.29, 0.717) is 12.4 Å². The molecule has 2 aromatic heterocycles. The zero-order valence-electron chi connectivity index (χ0n) is 17.8. The van der Waals surface area contributed by atoms with Gasteiger partial charge in [-0.1, -0.05) is 36.4 Å². The van der Waals surface area contributed by atoms with Crippen molar-refractivity contribution in [3.8, 4) is 5.00 Å². The highest BCUT2D eigenvalue weighted by atomic mass is 32.1. The fraction of sp³-hybridized carbons (Fsp3) is 0.304. The number of thiophene rings is 1. The summed E-state index contributed by atoms with van der Waals surface area (Å²) in [6.45, 7) is 6.68. The molecule has 3 N–H and O–H groups in total. The molecule has 1 aromatic carbocycles. The topological polar surface area (TPSA) is 106 Å². The number of hydrogen-bond acceptors (Lipinski definition) is 6. The third-order valence-corrected chi connectivity index (χ3v) is 6.63. The normalized spacial score (nSPS) is 15.5. The zero-order chi connectivity index (χ0) is 22.1. The highest BCUT2D eigenvalue weighted by Gasteiger charge is 2.32. The molecule has 0 bridgehead atoms. The minimum absolute atomic E-state index is 0.144. The molecule has 0 fully saturated rings. The molecule has 0 aliphatic carbocycles. The highest BCUT2D eigenvalue weighted by molar-refractivity contribution is 7.15. The third kappa shape index (κ3) is 3.96. The predicted octanol–water partition coefficient (Wildman–Crippen LogP) is 3.98. The molecule has 1 atom stereocenters. The van der Waals surface area contributed by atoms with E-state index in [4.69, 9.17) is 10.7 Å². The summed E-state index contributed by atoms with van der Waals surface area (Å²) in [5.74, 6) is 0.377. The molecule has 1 unspecified atom stereocenters. The standard InChI is InChI=1S/C23H25N5O2S/c1-13-14(2)31-23-20(13)21(17-9-7-16(8-10-17)6-4-5-11-24)25-18(12-19(29)30)22-27-26-15(3)28(22)23/h4,6-10,18H,5,11-12,24H2,1-3H3,(H,29,30). The Morgan fingerprint density at radius 2 is 1.97 bits per heavy atom. The molecule has 3 aromatic rings. The molecule has 0 spiro atoms. The summed E-state index contributed by atoms with van der Waals surface area (Å²) >= 11 is 1.66. The lowest BCUT2D eigenvalue weighted by molar-refractivity contribution is -0.137. The Kier molecular flexibility index (Phi) is 5.84. The van der Waals surface area contributed by atoms with E-state index in [2.05, 4.69) is 36.2 Å². The van der Waals surface area contributed by atoms with Crippen LogP contribution in [-0.4, -0.2) is 38.1 Å². The van der Waals surface area contributed by atoms with E-state index >= 15 is 0 Å². The second-order valence-electron chi connectivity index (χ2n) is 7.60. The van der Waals surface area contributed by atoms with Gasteiger partial charge < -0.3 is 10.8 Å². The smallest absolute Gasteiger partial charge is 0.306 e. The molecule has 0 radical (unpaired) electrons. The molecule has 3 heterocycles. The summed E-state index contributed by atoms with van der Waals surface area (Å²) < 4.78 is 1.97. The van der Waals surface area contributed by atoms with Gasteiger partial charge in [-0.15, -0.1) is 21.5 Å². The average molecular weight is 436 g/mol. The lowest BCUT2D eigenvalue weighted by atomic mass is 9.98. The van der Waals surface area contributed by atoms with Crippen molar-refractivity contribution in [3.63, 3.8) is 0 Å². The monoisotopic (exact) mass is 435 g/mol. The van der Waals surface area contributed by atoms with Crippen LogP contribution in [0, 0.1) is 20.8 Å². The van der Waals surface area contributed by atoms with Crippen molar-refractivity contribution in [3.05, 3.63) is 69.1 Å². The Balaban J connectivity index is 1.88. The Bertz CT molecular complexity index is 1190. The van der Waals surface area contributed by atoms with Crippen molar-refractivity contribution in [2.75, 3.05) is 6.54 Å². The molecule has 31 heavy (non-hydrogen) atoms. The average Bonchev–Trinajstić information content (AvgIpc) is 3.21. The van der Waals surface area contributed by atoms with Crippen LogP contribution in [0.3, 0.4) is 0 Å². The van der Waals surface area contributed by atoms with Crippen LogP contribution in [0.5, 0.6) is 0 Å². The summed E-state index contributed by atoms with van der Waals surface area (Å²) in [6.07, 6.45) is 4.80. The van der Waals surface area contributed by atoms with E-state index in [1.165, 1.54) is 4.88 Å².